The van der Waals surface area contributed by atoms with Crippen LogP contribution in [-0.2, 0) is 5.54 Å². The second-order valence-corrected chi connectivity index (χ2v) is 9.72. The third kappa shape index (κ3) is 5.98. The summed E-state index contributed by atoms with van der Waals surface area (Å²) in [6.07, 6.45) is 4.45. The first-order valence-electron chi connectivity index (χ1n) is 12.1. The Morgan fingerprint density at radius 3 is 2.72 bits per heavy atom. The number of hydrogen-bond acceptors (Lipinski definition) is 6. The fourth-order valence-electron chi connectivity index (χ4n) is 4.06. The highest BCUT2D eigenvalue weighted by Crippen LogP contribution is 2.35. The van der Waals surface area contributed by atoms with Crippen molar-refractivity contribution in [2.75, 3.05) is 27.2 Å². The van der Waals surface area contributed by atoms with Gasteiger partial charge in [-0.05, 0) is 80.8 Å². The molecule has 0 aliphatic carbocycles. The Morgan fingerprint density at radius 1 is 1.22 bits per heavy atom. The summed E-state index contributed by atoms with van der Waals surface area (Å²) >= 11 is 6.73. The molecule has 36 heavy (non-hydrogen) atoms. The van der Waals surface area contributed by atoms with Crippen molar-refractivity contribution in [1.82, 2.24) is 10.6 Å². The van der Waals surface area contributed by atoms with Crippen molar-refractivity contribution in [2.24, 2.45) is 9.98 Å². The molecule has 0 aromatic heterocycles. The van der Waals surface area contributed by atoms with E-state index in [9.17, 15) is 5.11 Å². The minimum atomic E-state index is -0.553. The number of halogens is 1. The van der Waals surface area contributed by atoms with Gasteiger partial charge in [0.2, 0.25) is 0 Å². The summed E-state index contributed by atoms with van der Waals surface area (Å²) in [6.45, 7) is 5.25. The molecule has 1 unspecified atom stereocenters. The summed E-state index contributed by atoms with van der Waals surface area (Å²) < 4.78 is 11.7. The number of ether oxygens (including phenoxy) is 2. The van der Waals surface area contributed by atoms with E-state index in [0.29, 0.717) is 42.1 Å². The van der Waals surface area contributed by atoms with Crippen LogP contribution in [0.1, 0.15) is 49.5 Å². The summed E-state index contributed by atoms with van der Waals surface area (Å²) in [6, 6.07) is 14.0. The molecule has 1 atom stereocenters. The van der Waals surface area contributed by atoms with E-state index in [1.807, 2.05) is 49.5 Å². The van der Waals surface area contributed by atoms with Crippen molar-refractivity contribution in [1.29, 1.82) is 0 Å². The zero-order valence-corrected chi connectivity index (χ0v) is 21.9. The summed E-state index contributed by atoms with van der Waals surface area (Å²) in [7, 11) is 3.59. The van der Waals surface area contributed by atoms with Gasteiger partial charge in [-0.15, -0.1) is 0 Å². The van der Waals surface area contributed by atoms with Gasteiger partial charge in [0.05, 0.1) is 25.0 Å². The Morgan fingerprint density at radius 2 is 2.00 bits per heavy atom. The zero-order valence-electron chi connectivity index (χ0n) is 21.1. The quantitative estimate of drug-likeness (QED) is 0.394. The average Bonchev–Trinajstić information content (AvgIpc) is 3.18. The fourth-order valence-corrected chi connectivity index (χ4v) is 4.34. The third-order valence-electron chi connectivity index (χ3n) is 6.52. The molecular formula is C28H33ClN4O3. The molecule has 3 N–H and O–H groups in total. The molecule has 0 saturated carbocycles. The van der Waals surface area contributed by atoms with Gasteiger partial charge in [0, 0.05) is 29.4 Å². The number of aliphatic imine (C=N–C) groups is 2. The summed E-state index contributed by atoms with van der Waals surface area (Å²) in [5.41, 5.74) is 4.23. The SMILES string of the molecule is CN=C(NC1=CC(Cl)=C(c2ccc3c(c2)C(O)CCCO3)CN=C1)Oc1ccc(C(C)(C)NC)cc1. The van der Waals surface area contributed by atoms with Crippen LogP contribution in [-0.4, -0.2) is 44.6 Å². The number of aliphatic hydroxyl groups is 1. The molecule has 0 spiro atoms. The number of allylic oxidation sites excluding steroid dienone is 3. The van der Waals surface area contributed by atoms with Crippen molar-refractivity contribution in [3.05, 3.63) is 76.0 Å². The van der Waals surface area contributed by atoms with Gasteiger partial charge in [0.1, 0.15) is 11.5 Å². The van der Waals surface area contributed by atoms with Crippen LogP contribution in [0.3, 0.4) is 0 Å². The van der Waals surface area contributed by atoms with Crippen LogP contribution >= 0.6 is 11.6 Å². The molecule has 4 rings (SSSR count). The molecule has 190 valence electrons. The first-order chi connectivity index (χ1) is 17.3. The number of benzene rings is 2. The number of nitrogens with one attached hydrogen (secondary N) is 2. The number of aliphatic hydroxyl groups excluding tert-OH is 1. The first kappa shape index (κ1) is 25.9. The molecular weight excluding hydrogens is 476 g/mol. The molecule has 2 aromatic carbocycles. The third-order valence-corrected chi connectivity index (χ3v) is 6.85. The molecule has 2 aliphatic rings. The summed E-state index contributed by atoms with van der Waals surface area (Å²) in [5, 5.41) is 17.5. The number of hydrogen-bond donors (Lipinski definition) is 3. The van der Waals surface area contributed by atoms with Crippen LogP contribution in [0.5, 0.6) is 11.5 Å². The van der Waals surface area contributed by atoms with Gasteiger partial charge in [-0.1, -0.05) is 29.8 Å². The molecule has 2 aromatic rings. The topological polar surface area (TPSA) is 87.5 Å². The van der Waals surface area contributed by atoms with E-state index in [1.165, 1.54) is 0 Å². The summed E-state index contributed by atoms with van der Waals surface area (Å²) in [4.78, 5) is 8.77. The Balaban J connectivity index is 1.51. The van der Waals surface area contributed by atoms with Gasteiger partial charge < -0.3 is 25.2 Å². The molecule has 8 heteroatoms. The fraction of sp³-hybridized carbons (Fsp3) is 0.357. The standard InChI is InChI=1S/C28H33ClN4O3/c1-28(2,31-4)19-8-10-21(11-9-19)36-27(30-3)33-20-15-24(29)23(17-32-16-20)18-7-12-26-22(14-18)25(34)6-5-13-35-26/h7-12,14-16,25,31,34H,5-6,13,17H2,1-4H3,(H,30,33). The van der Waals surface area contributed by atoms with Crippen molar-refractivity contribution in [3.63, 3.8) is 0 Å². The normalized spacial score (nSPS) is 18.6. The van der Waals surface area contributed by atoms with Crippen LogP contribution in [0.4, 0.5) is 0 Å². The Bertz CT molecular complexity index is 1220. The minimum Gasteiger partial charge on any atom is -0.493 e. The van der Waals surface area contributed by atoms with Crippen LogP contribution in [0.15, 0.2) is 69.3 Å². The second kappa shape index (κ2) is 11.3. The predicted octanol–water partition coefficient (Wildman–Crippen LogP) is 4.92. The van der Waals surface area contributed by atoms with Crippen LogP contribution in [0, 0.1) is 0 Å². The van der Waals surface area contributed by atoms with Gasteiger partial charge in [0.15, 0.2) is 0 Å². The van der Waals surface area contributed by atoms with Crippen molar-refractivity contribution < 1.29 is 14.6 Å². The molecule has 0 saturated heterocycles. The molecule has 2 aliphatic heterocycles. The smallest absolute Gasteiger partial charge is 0.294 e. The number of amidine groups is 1. The van der Waals surface area contributed by atoms with E-state index in [2.05, 4.69) is 34.5 Å². The highest BCUT2D eigenvalue weighted by Gasteiger charge is 2.20. The molecule has 0 amide bonds. The second-order valence-electron chi connectivity index (χ2n) is 9.31. The average molecular weight is 509 g/mol. The Hall–Kier alpha value is -3.13. The molecule has 0 bridgehead atoms. The molecule has 0 radical (unpaired) electrons. The van der Waals surface area contributed by atoms with E-state index in [-0.39, 0.29) is 5.54 Å². The maximum absolute atomic E-state index is 10.5. The van der Waals surface area contributed by atoms with E-state index < -0.39 is 6.10 Å². The van der Waals surface area contributed by atoms with E-state index in [0.717, 1.165) is 34.4 Å². The molecule has 0 fully saturated rings. The zero-order chi connectivity index (χ0) is 25.7. The maximum atomic E-state index is 10.5. The van der Waals surface area contributed by atoms with Crippen molar-refractivity contribution in [2.45, 2.75) is 38.3 Å². The van der Waals surface area contributed by atoms with Crippen LogP contribution in [0.2, 0.25) is 0 Å². The lowest BCUT2D eigenvalue weighted by Gasteiger charge is -2.24. The highest BCUT2D eigenvalue weighted by atomic mass is 35.5. The van der Waals surface area contributed by atoms with Gasteiger partial charge in [0.25, 0.3) is 6.02 Å². The van der Waals surface area contributed by atoms with Gasteiger partial charge in [-0.2, -0.15) is 0 Å². The summed E-state index contributed by atoms with van der Waals surface area (Å²) in [5.74, 6) is 1.39. The lowest BCUT2D eigenvalue weighted by Crippen LogP contribution is -2.33. The number of fused-ring (bicyclic) bond motifs is 1. The van der Waals surface area contributed by atoms with Gasteiger partial charge in [-0.3, -0.25) is 4.99 Å². The molecule has 2 heterocycles. The van der Waals surface area contributed by atoms with Crippen molar-refractivity contribution >= 4 is 29.4 Å². The maximum Gasteiger partial charge on any atom is 0.294 e. The molecule has 7 nitrogen and oxygen atoms in total. The minimum absolute atomic E-state index is 0.136. The number of nitrogens with zero attached hydrogens (tertiary/aromatic N) is 2. The van der Waals surface area contributed by atoms with Gasteiger partial charge >= 0.3 is 0 Å². The van der Waals surface area contributed by atoms with E-state index >= 15 is 0 Å². The largest absolute Gasteiger partial charge is 0.493 e. The van der Waals surface area contributed by atoms with E-state index in [1.54, 1.807) is 19.3 Å². The van der Waals surface area contributed by atoms with Crippen LogP contribution in [0.25, 0.3) is 5.57 Å². The van der Waals surface area contributed by atoms with Gasteiger partial charge in [-0.25, -0.2) is 4.99 Å². The first-order valence-corrected chi connectivity index (χ1v) is 12.4. The van der Waals surface area contributed by atoms with Crippen molar-refractivity contribution in [3.8, 4) is 11.5 Å². The van der Waals surface area contributed by atoms with Crippen LogP contribution < -0.4 is 20.1 Å². The lowest BCUT2D eigenvalue weighted by molar-refractivity contribution is 0.167. The van der Waals surface area contributed by atoms with E-state index in [4.69, 9.17) is 21.1 Å². The Labute approximate surface area is 217 Å². The number of rotatable bonds is 5. The monoisotopic (exact) mass is 508 g/mol. The highest BCUT2D eigenvalue weighted by molar-refractivity contribution is 6.35. The Kier molecular flexibility index (Phi) is 8.14. The predicted molar refractivity (Wildman–Crippen MR) is 146 cm³/mol. The lowest BCUT2D eigenvalue weighted by atomic mass is 9.95.